The van der Waals surface area contributed by atoms with Crippen LogP contribution in [-0.4, -0.2) is 48.5 Å². The molecule has 2 aromatic rings. The summed E-state index contributed by atoms with van der Waals surface area (Å²) < 4.78 is 44.1. The van der Waals surface area contributed by atoms with Crippen molar-refractivity contribution in [2.45, 2.75) is 13.1 Å². The number of amides is 1. The fourth-order valence-electron chi connectivity index (χ4n) is 3.35. The Morgan fingerprint density at radius 2 is 1.84 bits per heavy atom. The number of nitrogens with zero attached hydrogens (tertiary/aromatic N) is 3. The quantitative estimate of drug-likeness (QED) is 0.483. The Bertz CT molecular complexity index is 992. The van der Waals surface area contributed by atoms with E-state index in [2.05, 4.69) is 0 Å². The lowest BCUT2D eigenvalue weighted by Gasteiger charge is -2.36. The van der Waals surface area contributed by atoms with Gasteiger partial charge in [0.05, 0.1) is 22.1 Å². The molecular weight excluding hydrogens is 439 g/mol. The first-order valence-electron chi connectivity index (χ1n) is 9.44. The minimum absolute atomic E-state index is 0.0919. The van der Waals surface area contributed by atoms with Crippen molar-refractivity contribution in [3.05, 3.63) is 62.7 Å². The van der Waals surface area contributed by atoms with Crippen molar-refractivity contribution in [1.82, 2.24) is 4.90 Å². The summed E-state index contributed by atoms with van der Waals surface area (Å²) in [7, 11) is 0. The van der Waals surface area contributed by atoms with E-state index in [9.17, 15) is 28.1 Å². The number of halogens is 4. The number of carbonyl (C=O) groups excluding carboxylic acids is 1. The number of piperazine rings is 1. The molecule has 31 heavy (non-hydrogen) atoms. The van der Waals surface area contributed by atoms with Crippen molar-refractivity contribution in [3.8, 4) is 5.75 Å². The molecule has 1 aliphatic heterocycles. The van der Waals surface area contributed by atoms with Crippen LogP contribution in [-0.2, 0) is 6.18 Å². The van der Waals surface area contributed by atoms with E-state index in [1.54, 1.807) is 21.9 Å². The van der Waals surface area contributed by atoms with E-state index in [0.717, 1.165) is 12.1 Å². The topological polar surface area (TPSA) is 75.9 Å². The maximum absolute atomic E-state index is 12.9. The zero-order chi connectivity index (χ0) is 22.8. The molecule has 1 fully saturated rings. The van der Waals surface area contributed by atoms with Crippen LogP contribution in [0.25, 0.3) is 0 Å². The Hall–Kier alpha value is -3.01. The van der Waals surface area contributed by atoms with Crippen molar-refractivity contribution in [3.63, 3.8) is 0 Å². The van der Waals surface area contributed by atoms with Crippen molar-refractivity contribution >= 4 is 28.9 Å². The number of hydrogen-bond acceptors (Lipinski definition) is 5. The number of ether oxygens (including phenoxy) is 1. The van der Waals surface area contributed by atoms with Gasteiger partial charge in [-0.25, -0.2) is 0 Å². The maximum Gasteiger partial charge on any atom is 0.416 e. The molecule has 2 aromatic carbocycles. The standard InChI is InChI=1S/C20H19ClF3N3O4/c1-2-31-18-6-3-13(11-15(18)21)19(28)26-9-7-25(8-10-26)16-5-4-14(20(22,23)24)12-17(16)27(29)30/h3-6,11-12H,2,7-10H2,1H3. The number of hydrogen-bond donors (Lipinski definition) is 0. The van der Waals surface area contributed by atoms with Gasteiger partial charge in [-0.2, -0.15) is 13.2 Å². The summed E-state index contributed by atoms with van der Waals surface area (Å²) in [5.74, 6) is 0.215. The average Bonchev–Trinajstić information content (AvgIpc) is 2.74. The van der Waals surface area contributed by atoms with Gasteiger partial charge in [-0.15, -0.1) is 0 Å². The molecule has 1 saturated heterocycles. The highest BCUT2D eigenvalue weighted by atomic mass is 35.5. The van der Waals surface area contributed by atoms with Gasteiger partial charge in [0.25, 0.3) is 11.6 Å². The molecule has 0 aliphatic carbocycles. The fourth-order valence-corrected chi connectivity index (χ4v) is 3.59. The van der Waals surface area contributed by atoms with Gasteiger partial charge < -0.3 is 14.5 Å². The summed E-state index contributed by atoms with van der Waals surface area (Å²) >= 11 is 6.14. The summed E-state index contributed by atoms with van der Waals surface area (Å²) in [6, 6.07) is 7.19. The first kappa shape index (κ1) is 22.7. The molecule has 7 nitrogen and oxygen atoms in total. The second-order valence-corrected chi connectivity index (χ2v) is 7.22. The Balaban J connectivity index is 1.73. The van der Waals surface area contributed by atoms with E-state index in [4.69, 9.17) is 16.3 Å². The van der Waals surface area contributed by atoms with Crippen molar-refractivity contribution in [1.29, 1.82) is 0 Å². The number of carbonyl (C=O) groups is 1. The van der Waals surface area contributed by atoms with E-state index >= 15 is 0 Å². The lowest BCUT2D eigenvalue weighted by atomic mass is 10.1. The lowest BCUT2D eigenvalue weighted by molar-refractivity contribution is -0.384. The molecule has 0 unspecified atom stereocenters. The summed E-state index contributed by atoms with van der Waals surface area (Å²) in [5, 5.41) is 11.6. The molecule has 0 aromatic heterocycles. The third-order valence-electron chi connectivity index (χ3n) is 4.89. The highest BCUT2D eigenvalue weighted by Crippen LogP contribution is 2.37. The first-order valence-corrected chi connectivity index (χ1v) is 9.81. The van der Waals surface area contributed by atoms with Crippen LogP contribution < -0.4 is 9.64 Å². The van der Waals surface area contributed by atoms with Crippen LogP contribution in [0.1, 0.15) is 22.8 Å². The van der Waals surface area contributed by atoms with Gasteiger partial charge in [-0.3, -0.25) is 14.9 Å². The number of anilines is 1. The minimum atomic E-state index is -4.67. The van der Waals surface area contributed by atoms with Gasteiger partial charge in [-0.05, 0) is 37.3 Å². The Kier molecular flexibility index (Phi) is 6.59. The number of alkyl halides is 3. The van der Waals surface area contributed by atoms with Gasteiger partial charge in [0.2, 0.25) is 0 Å². The Morgan fingerprint density at radius 1 is 1.16 bits per heavy atom. The fraction of sp³-hybridized carbons (Fsp3) is 0.350. The Morgan fingerprint density at radius 3 is 2.39 bits per heavy atom. The molecule has 166 valence electrons. The highest BCUT2D eigenvalue weighted by Gasteiger charge is 2.34. The zero-order valence-corrected chi connectivity index (χ0v) is 17.2. The first-order chi connectivity index (χ1) is 14.6. The molecule has 11 heteroatoms. The molecule has 1 aliphatic rings. The summed E-state index contributed by atoms with van der Waals surface area (Å²) in [6.07, 6.45) is -4.67. The van der Waals surface area contributed by atoms with Gasteiger partial charge in [0, 0.05) is 37.8 Å². The largest absolute Gasteiger partial charge is 0.492 e. The van der Waals surface area contributed by atoms with Crippen LogP contribution in [0.4, 0.5) is 24.5 Å². The van der Waals surface area contributed by atoms with Crippen LogP contribution >= 0.6 is 11.6 Å². The molecule has 1 amide bonds. The third-order valence-corrected chi connectivity index (χ3v) is 5.18. The Labute approximate surface area is 181 Å². The SMILES string of the molecule is CCOc1ccc(C(=O)N2CCN(c3ccc(C(F)(F)F)cc3[N+](=O)[O-])CC2)cc1Cl. The van der Waals surface area contributed by atoms with E-state index in [-0.39, 0.29) is 37.8 Å². The van der Waals surface area contributed by atoms with Crippen molar-refractivity contribution in [2.24, 2.45) is 0 Å². The number of rotatable bonds is 5. The lowest BCUT2D eigenvalue weighted by Crippen LogP contribution is -2.49. The van der Waals surface area contributed by atoms with Gasteiger partial charge >= 0.3 is 6.18 Å². The highest BCUT2D eigenvalue weighted by molar-refractivity contribution is 6.32. The van der Waals surface area contributed by atoms with Crippen LogP contribution in [0.5, 0.6) is 5.75 Å². The van der Waals surface area contributed by atoms with Gasteiger partial charge in [0.1, 0.15) is 11.4 Å². The predicted molar refractivity (Wildman–Crippen MR) is 109 cm³/mol. The van der Waals surface area contributed by atoms with E-state index < -0.39 is 22.4 Å². The van der Waals surface area contributed by atoms with E-state index in [1.165, 1.54) is 6.07 Å². The normalized spacial score (nSPS) is 14.5. The summed E-state index contributed by atoms with van der Waals surface area (Å²) in [4.78, 5) is 26.4. The van der Waals surface area contributed by atoms with Crippen molar-refractivity contribution in [2.75, 3.05) is 37.7 Å². The van der Waals surface area contributed by atoms with Gasteiger partial charge in [-0.1, -0.05) is 11.6 Å². The molecule has 0 atom stereocenters. The zero-order valence-electron chi connectivity index (χ0n) is 16.5. The second-order valence-electron chi connectivity index (χ2n) is 6.82. The predicted octanol–water partition coefficient (Wildman–Crippen LogP) is 4.63. The van der Waals surface area contributed by atoms with Gasteiger partial charge in [0.15, 0.2) is 0 Å². The molecule has 0 spiro atoms. The number of nitro groups is 1. The molecule has 1 heterocycles. The number of nitro benzene ring substituents is 1. The smallest absolute Gasteiger partial charge is 0.416 e. The molecule has 0 saturated carbocycles. The molecule has 3 rings (SSSR count). The number of benzene rings is 2. The van der Waals surface area contributed by atoms with Crippen LogP contribution in [0.15, 0.2) is 36.4 Å². The molecule has 0 bridgehead atoms. The molecule has 0 radical (unpaired) electrons. The van der Waals surface area contributed by atoms with Crippen molar-refractivity contribution < 1.29 is 27.6 Å². The molecular formula is C20H19ClF3N3O4. The van der Waals surface area contributed by atoms with E-state index in [0.29, 0.717) is 29.0 Å². The van der Waals surface area contributed by atoms with Crippen LogP contribution in [0.3, 0.4) is 0 Å². The summed E-state index contributed by atoms with van der Waals surface area (Å²) in [5.41, 5.74) is -1.23. The van der Waals surface area contributed by atoms with E-state index in [1.807, 2.05) is 6.92 Å². The maximum atomic E-state index is 12.9. The van der Waals surface area contributed by atoms with Crippen LogP contribution in [0, 0.1) is 10.1 Å². The average molecular weight is 458 g/mol. The summed E-state index contributed by atoms with van der Waals surface area (Å²) in [6.45, 7) is 3.23. The molecule has 0 N–H and O–H groups in total. The second kappa shape index (κ2) is 9.01. The third kappa shape index (κ3) is 5.01. The minimum Gasteiger partial charge on any atom is -0.492 e. The monoisotopic (exact) mass is 457 g/mol. The van der Waals surface area contributed by atoms with Crippen LogP contribution in [0.2, 0.25) is 5.02 Å².